The summed E-state index contributed by atoms with van der Waals surface area (Å²) in [7, 11) is 0. The lowest BCUT2D eigenvalue weighted by atomic mass is 9.71. The average molecular weight is 188 g/mol. The molecule has 0 aromatic carbocycles. The number of rotatable bonds is 0. The summed E-state index contributed by atoms with van der Waals surface area (Å²) in [6.07, 6.45) is 20.0. The smallest absolute Gasteiger partial charge is 0.00497 e. The Kier molecular flexibility index (Phi) is 2.04. The third-order valence-corrected chi connectivity index (χ3v) is 4.52. The Morgan fingerprint density at radius 2 is 2.07 bits per heavy atom. The van der Waals surface area contributed by atoms with Crippen LogP contribution >= 0.6 is 0 Å². The van der Waals surface area contributed by atoms with E-state index in [4.69, 9.17) is 0 Å². The van der Waals surface area contributed by atoms with Gasteiger partial charge in [-0.3, -0.25) is 0 Å². The van der Waals surface area contributed by atoms with Crippen molar-refractivity contribution in [2.75, 3.05) is 0 Å². The second-order valence-corrected chi connectivity index (χ2v) is 5.43. The van der Waals surface area contributed by atoms with Crippen molar-refractivity contribution in [2.24, 2.45) is 17.3 Å². The van der Waals surface area contributed by atoms with E-state index in [9.17, 15) is 0 Å². The van der Waals surface area contributed by atoms with Crippen molar-refractivity contribution in [3.05, 3.63) is 24.3 Å². The minimum absolute atomic E-state index is 0.597. The van der Waals surface area contributed by atoms with Crippen LogP contribution in [0.1, 0.15) is 44.9 Å². The third-order valence-electron chi connectivity index (χ3n) is 4.52. The maximum atomic E-state index is 2.58. The molecule has 0 radical (unpaired) electrons. The van der Waals surface area contributed by atoms with E-state index in [1.807, 2.05) is 0 Å². The first-order valence-corrected chi connectivity index (χ1v) is 6.25. The molecule has 3 aliphatic rings. The van der Waals surface area contributed by atoms with Crippen LogP contribution in [-0.2, 0) is 0 Å². The lowest BCUT2D eigenvalue weighted by Gasteiger charge is -2.33. The Morgan fingerprint density at radius 3 is 2.86 bits per heavy atom. The van der Waals surface area contributed by atoms with Gasteiger partial charge in [-0.15, -0.1) is 0 Å². The van der Waals surface area contributed by atoms with E-state index in [0.717, 1.165) is 11.8 Å². The van der Waals surface area contributed by atoms with E-state index < -0.39 is 0 Å². The molecule has 0 N–H and O–H groups in total. The molecule has 3 unspecified atom stereocenters. The minimum atomic E-state index is 0.597. The predicted molar refractivity (Wildman–Crippen MR) is 60.0 cm³/mol. The van der Waals surface area contributed by atoms with Crippen molar-refractivity contribution in [1.82, 2.24) is 0 Å². The van der Waals surface area contributed by atoms with Gasteiger partial charge in [0.1, 0.15) is 0 Å². The van der Waals surface area contributed by atoms with Crippen LogP contribution in [-0.4, -0.2) is 0 Å². The Balaban J connectivity index is 1.87. The predicted octanol–water partition coefficient (Wildman–Crippen LogP) is 4.09. The van der Waals surface area contributed by atoms with E-state index in [0.29, 0.717) is 5.41 Å². The summed E-state index contributed by atoms with van der Waals surface area (Å²) >= 11 is 0. The molecule has 1 saturated carbocycles. The second-order valence-electron chi connectivity index (χ2n) is 5.43. The van der Waals surface area contributed by atoms with E-state index in [1.165, 1.54) is 44.9 Å². The summed E-state index contributed by atoms with van der Waals surface area (Å²) in [4.78, 5) is 0. The number of hydrogen-bond acceptors (Lipinski definition) is 0. The Morgan fingerprint density at radius 1 is 1.07 bits per heavy atom. The summed E-state index contributed by atoms with van der Waals surface area (Å²) in [6, 6.07) is 0. The van der Waals surface area contributed by atoms with Crippen molar-refractivity contribution < 1.29 is 0 Å². The topological polar surface area (TPSA) is 0 Å². The molecule has 0 aromatic rings. The van der Waals surface area contributed by atoms with Crippen LogP contribution in [0.5, 0.6) is 0 Å². The summed E-state index contributed by atoms with van der Waals surface area (Å²) in [5.41, 5.74) is 0.597. The molecule has 2 bridgehead atoms. The Hall–Kier alpha value is -0.520. The highest BCUT2D eigenvalue weighted by Crippen LogP contribution is 2.55. The quantitative estimate of drug-likeness (QED) is 0.502. The lowest BCUT2D eigenvalue weighted by molar-refractivity contribution is 0.273. The molecule has 0 amide bonds. The van der Waals surface area contributed by atoms with Gasteiger partial charge in [0, 0.05) is 0 Å². The zero-order valence-corrected chi connectivity index (χ0v) is 8.91. The van der Waals surface area contributed by atoms with Crippen LogP contribution in [0.25, 0.3) is 0 Å². The summed E-state index contributed by atoms with van der Waals surface area (Å²) in [6.45, 7) is 0. The van der Waals surface area contributed by atoms with E-state index in [2.05, 4.69) is 24.3 Å². The number of allylic oxidation sites excluding steroid dienone is 4. The molecular weight excluding hydrogens is 168 g/mol. The largest absolute Gasteiger partial charge is 0.0880 e. The van der Waals surface area contributed by atoms with E-state index in [1.54, 1.807) is 0 Å². The first kappa shape index (κ1) is 8.76. The second kappa shape index (κ2) is 3.25. The lowest BCUT2D eigenvalue weighted by Crippen LogP contribution is -2.23. The van der Waals surface area contributed by atoms with Crippen LogP contribution in [0.3, 0.4) is 0 Å². The number of fused-ring (bicyclic) bond motifs is 3. The molecule has 14 heavy (non-hydrogen) atoms. The number of hydrogen-bond donors (Lipinski definition) is 0. The van der Waals surface area contributed by atoms with E-state index in [-0.39, 0.29) is 0 Å². The molecular formula is C14H20. The monoisotopic (exact) mass is 188 g/mol. The van der Waals surface area contributed by atoms with Gasteiger partial charge in [0.15, 0.2) is 0 Å². The van der Waals surface area contributed by atoms with E-state index >= 15 is 0 Å². The molecule has 0 aromatic heterocycles. The van der Waals surface area contributed by atoms with Gasteiger partial charge in [0.25, 0.3) is 0 Å². The molecule has 0 nitrogen and oxygen atoms in total. The van der Waals surface area contributed by atoms with Crippen LogP contribution < -0.4 is 0 Å². The highest BCUT2D eigenvalue weighted by atomic mass is 14.5. The molecule has 1 fully saturated rings. The maximum absolute atomic E-state index is 2.58. The van der Waals surface area contributed by atoms with Crippen molar-refractivity contribution >= 4 is 0 Å². The molecule has 76 valence electrons. The zero-order valence-electron chi connectivity index (χ0n) is 8.91. The van der Waals surface area contributed by atoms with Gasteiger partial charge in [-0.1, -0.05) is 37.1 Å². The first-order valence-electron chi connectivity index (χ1n) is 6.25. The van der Waals surface area contributed by atoms with Crippen LogP contribution in [0.4, 0.5) is 0 Å². The van der Waals surface area contributed by atoms with Gasteiger partial charge in [0.05, 0.1) is 0 Å². The Bertz CT molecular complexity index is 274. The van der Waals surface area contributed by atoms with Crippen molar-refractivity contribution in [3.8, 4) is 0 Å². The molecule has 3 aliphatic carbocycles. The fourth-order valence-corrected chi connectivity index (χ4v) is 3.77. The molecule has 1 spiro atoms. The minimum Gasteiger partial charge on any atom is -0.0880 e. The maximum Gasteiger partial charge on any atom is -0.00497 e. The van der Waals surface area contributed by atoms with Crippen LogP contribution in [0, 0.1) is 17.3 Å². The molecule has 0 aliphatic heterocycles. The van der Waals surface area contributed by atoms with Crippen molar-refractivity contribution in [1.29, 1.82) is 0 Å². The molecule has 3 atom stereocenters. The van der Waals surface area contributed by atoms with Gasteiger partial charge in [-0.2, -0.15) is 0 Å². The SMILES string of the molecule is C1=CC2CC1CC21/C=C\CCCCC1. The van der Waals surface area contributed by atoms with Crippen molar-refractivity contribution in [2.45, 2.75) is 44.9 Å². The summed E-state index contributed by atoms with van der Waals surface area (Å²) in [5.74, 6) is 1.81. The average Bonchev–Trinajstić information content (AvgIpc) is 2.71. The van der Waals surface area contributed by atoms with Gasteiger partial charge >= 0.3 is 0 Å². The Labute approximate surface area is 87.1 Å². The highest BCUT2D eigenvalue weighted by Gasteiger charge is 2.45. The zero-order chi connectivity index (χ0) is 9.43. The van der Waals surface area contributed by atoms with Crippen LogP contribution in [0.2, 0.25) is 0 Å². The van der Waals surface area contributed by atoms with Crippen LogP contribution in [0.15, 0.2) is 24.3 Å². The van der Waals surface area contributed by atoms with Gasteiger partial charge in [-0.25, -0.2) is 0 Å². The fraction of sp³-hybridized carbons (Fsp3) is 0.714. The first-order chi connectivity index (χ1) is 6.89. The fourth-order valence-electron chi connectivity index (χ4n) is 3.77. The molecule has 0 heteroatoms. The molecule has 0 heterocycles. The van der Waals surface area contributed by atoms with Gasteiger partial charge < -0.3 is 0 Å². The van der Waals surface area contributed by atoms with Gasteiger partial charge in [-0.05, 0) is 49.4 Å². The molecule has 3 rings (SSSR count). The summed E-state index contributed by atoms with van der Waals surface area (Å²) < 4.78 is 0. The normalized spacial score (nSPS) is 48.0. The third kappa shape index (κ3) is 1.27. The standard InChI is InChI=1S/C14H20/c1-2-4-8-14(9-5-3-1)11-12-6-7-13(14)10-12/h4,6-8,12-13H,1-3,5,9-11H2/b8-4-. The van der Waals surface area contributed by atoms with Gasteiger partial charge in [0.2, 0.25) is 0 Å². The highest BCUT2D eigenvalue weighted by molar-refractivity contribution is 5.21. The molecule has 0 saturated heterocycles. The van der Waals surface area contributed by atoms with Crippen molar-refractivity contribution in [3.63, 3.8) is 0 Å². The summed E-state index contributed by atoms with van der Waals surface area (Å²) in [5, 5.41) is 0.